The summed E-state index contributed by atoms with van der Waals surface area (Å²) in [6.07, 6.45) is 8.04. The van der Waals surface area contributed by atoms with Gasteiger partial charge in [-0.2, -0.15) is 0 Å². The molecule has 0 saturated heterocycles. The summed E-state index contributed by atoms with van der Waals surface area (Å²) in [6.45, 7) is 14.2. The molecule has 1 heteroatoms. The number of hydrogen-bond donors (Lipinski definition) is 0. The van der Waals surface area contributed by atoms with Crippen molar-refractivity contribution in [3.63, 3.8) is 0 Å². The van der Waals surface area contributed by atoms with Gasteiger partial charge in [-0.05, 0) is 103 Å². The van der Waals surface area contributed by atoms with Crippen molar-refractivity contribution < 1.29 is 0 Å². The normalized spacial score (nSPS) is 20.3. The first-order chi connectivity index (χ1) is 21.6. The van der Waals surface area contributed by atoms with E-state index < -0.39 is 0 Å². The number of pyridine rings is 1. The third-order valence-corrected chi connectivity index (χ3v) is 11.7. The van der Waals surface area contributed by atoms with E-state index in [0.29, 0.717) is 5.92 Å². The van der Waals surface area contributed by atoms with E-state index in [4.69, 9.17) is 4.98 Å². The summed E-state index contributed by atoms with van der Waals surface area (Å²) in [4.78, 5) is 4.83. The van der Waals surface area contributed by atoms with Gasteiger partial charge in [0.1, 0.15) is 0 Å². The molecule has 0 saturated carbocycles. The fourth-order valence-electron chi connectivity index (χ4n) is 9.05. The van der Waals surface area contributed by atoms with Gasteiger partial charge in [0.25, 0.3) is 0 Å². The smallest absolute Gasteiger partial charge is 0.0745 e. The predicted octanol–water partition coefficient (Wildman–Crippen LogP) is 11.1. The van der Waals surface area contributed by atoms with Gasteiger partial charge in [-0.25, -0.2) is 0 Å². The van der Waals surface area contributed by atoms with E-state index in [2.05, 4.69) is 145 Å². The second-order valence-corrected chi connectivity index (χ2v) is 15.2. The van der Waals surface area contributed by atoms with Crippen molar-refractivity contribution in [3.05, 3.63) is 154 Å². The van der Waals surface area contributed by atoms with Crippen LogP contribution in [0.2, 0.25) is 0 Å². The maximum atomic E-state index is 4.83. The van der Waals surface area contributed by atoms with Crippen molar-refractivity contribution in [2.24, 2.45) is 0 Å². The van der Waals surface area contributed by atoms with Gasteiger partial charge >= 0.3 is 0 Å². The highest BCUT2D eigenvalue weighted by molar-refractivity contribution is 5.92. The fraction of sp³-hybridized carbons (Fsp3) is 0.250. The zero-order valence-electron chi connectivity index (χ0n) is 27.1. The van der Waals surface area contributed by atoms with Crippen molar-refractivity contribution in [2.75, 3.05) is 0 Å². The molecule has 4 aromatic carbocycles. The summed E-state index contributed by atoms with van der Waals surface area (Å²) in [5, 5.41) is 0. The van der Waals surface area contributed by atoms with E-state index in [1.54, 1.807) is 0 Å². The maximum absolute atomic E-state index is 4.83. The number of aromatic nitrogens is 1. The lowest BCUT2D eigenvalue weighted by atomic mass is 9.76. The predicted molar refractivity (Wildman–Crippen MR) is 188 cm³/mol. The molecule has 0 N–H and O–H groups in total. The Morgan fingerprint density at radius 1 is 0.556 bits per heavy atom. The van der Waals surface area contributed by atoms with Crippen LogP contribution in [0.15, 0.2) is 115 Å². The number of benzene rings is 4. The number of allylic oxidation sites excluding steroid dienone is 4. The molecule has 0 bridgehead atoms. The minimum Gasteiger partial charge on any atom is -0.256 e. The molecular weight excluding hydrogens is 542 g/mol. The molecule has 1 unspecified atom stereocenters. The number of nitrogens with zero attached hydrogens (tertiary/aromatic N) is 1. The van der Waals surface area contributed by atoms with Crippen LogP contribution < -0.4 is 0 Å². The van der Waals surface area contributed by atoms with E-state index in [9.17, 15) is 0 Å². The summed E-state index contributed by atoms with van der Waals surface area (Å²) in [6, 6.07) is 34.7. The molecule has 220 valence electrons. The molecule has 45 heavy (non-hydrogen) atoms. The molecule has 1 heterocycles. The highest BCUT2D eigenvalue weighted by Gasteiger charge is 2.41. The standard InChI is InChI=1S/C44H39N/c1-42(2)36-20-16-26(22-34(36)41-37(42)12-9-21-45-41)27-13-18-32-33-19-15-29(25-40(33)44(5,6)39(32)23-27)28-14-17-31-30-10-7-8-11-35(30)43(3,4)38(31)24-28/h7-12,14-25,27H,13H2,1-6H3. The van der Waals surface area contributed by atoms with Gasteiger partial charge in [-0.15, -0.1) is 0 Å². The molecule has 9 rings (SSSR count). The SMILES string of the molecule is CC1(C)C2=CC(c3ccc4c(c3)-c3ncccc3C4(C)C)CC=C2c2ccc(-c3ccc4c(c3)C(C)(C)c3ccccc3-4)cc21. The van der Waals surface area contributed by atoms with Gasteiger partial charge in [0.15, 0.2) is 0 Å². The lowest BCUT2D eigenvalue weighted by molar-refractivity contribution is 0.647. The quantitative estimate of drug-likeness (QED) is 0.202. The van der Waals surface area contributed by atoms with Crippen LogP contribution in [0.5, 0.6) is 0 Å². The van der Waals surface area contributed by atoms with Crippen molar-refractivity contribution >= 4 is 5.57 Å². The summed E-state index contributed by atoms with van der Waals surface area (Å²) in [7, 11) is 0. The van der Waals surface area contributed by atoms with E-state index in [1.807, 2.05) is 6.20 Å². The molecule has 1 atom stereocenters. The van der Waals surface area contributed by atoms with Crippen LogP contribution in [0, 0.1) is 0 Å². The van der Waals surface area contributed by atoms with E-state index in [1.165, 1.54) is 77.9 Å². The molecule has 4 aliphatic carbocycles. The molecule has 0 radical (unpaired) electrons. The largest absolute Gasteiger partial charge is 0.256 e. The number of rotatable bonds is 2. The molecule has 1 nitrogen and oxygen atoms in total. The van der Waals surface area contributed by atoms with Crippen molar-refractivity contribution in [1.29, 1.82) is 0 Å². The fourth-order valence-corrected chi connectivity index (χ4v) is 9.05. The van der Waals surface area contributed by atoms with Crippen molar-refractivity contribution in [2.45, 2.75) is 70.1 Å². The summed E-state index contributed by atoms with van der Waals surface area (Å²) in [5.41, 5.74) is 20.5. The zero-order chi connectivity index (χ0) is 30.9. The van der Waals surface area contributed by atoms with Crippen LogP contribution in [-0.4, -0.2) is 4.98 Å². The monoisotopic (exact) mass is 581 g/mol. The van der Waals surface area contributed by atoms with Gasteiger partial charge in [0.05, 0.1) is 5.69 Å². The van der Waals surface area contributed by atoms with Crippen LogP contribution in [-0.2, 0) is 16.2 Å². The Labute approximate surface area is 267 Å². The van der Waals surface area contributed by atoms with E-state index >= 15 is 0 Å². The van der Waals surface area contributed by atoms with Crippen LogP contribution >= 0.6 is 0 Å². The molecule has 0 fully saturated rings. The van der Waals surface area contributed by atoms with Crippen LogP contribution in [0.4, 0.5) is 0 Å². The first-order valence-corrected chi connectivity index (χ1v) is 16.5. The minimum atomic E-state index is -0.0606. The number of hydrogen-bond acceptors (Lipinski definition) is 1. The first-order valence-electron chi connectivity index (χ1n) is 16.5. The Morgan fingerprint density at radius 2 is 1.20 bits per heavy atom. The average molecular weight is 582 g/mol. The summed E-state index contributed by atoms with van der Waals surface area (Å²) in [5.74, 6) is 0.360. The Morgan fingerprint density at radius 3 is 2.00 bits per heavy atom. The molecule has 5 aromatic rings. The highest BCUT2D eigenvalue weighted by Crippen LogP contribution is 2.55. The van der Waals surface area contributed by atoms with Crippen molar-refractivity contribution in [3.8, 4) is 33.5 Å². The Kier molecular flexibility index (Phi) is 5.27. The Balaban J connectivity index is 1.08. The van der Waals surface area contributed by atoms with Gasteiger partial charge in [0, 0.05) is 33.9 Å². The van der Waals surface area contributed by atoms with Crippen molar-refractivity contribution in [1.82, 2.24) is 4.98 Å². The molecule has 4 aliphatic rings. The zero-order valence-corrected chi connectivity index (χ0v) is 27.1. The number of fused-ring (bicyclic) bond motifs is 9. The van der Waals surface area contributed by atoms with Gasteiger partial charge in [-0.3, -0.25) is 4.98 Å². The Bertz CT molecular complexity index is 2170. The second kappa shape index (κ2) is 8.82. The summed E-state index contributed by atoms with van der Waals surface area (Å²) < 4.78 is 0. The van der Waals surface area contributed by atoms with Crippen LogP contribution in [0.25, 0.3) is 39.1 Å². The lowest BCUT2D eigenvalue weighted by Crippen LogP contribution is -2.17. The molecule has 0 amide bonds. The van der Waals surface area contributed by atoms with Crippen LogP contribution in [0.1, 0.15) is 92.8 Å². The first kappa shape index (κ1) is 26.9. The third kappa shape index (κ3) is 3.53. The van der Waals surface area contributed by atoms with E-state index in [0.717, 1.165) is 12.1 Å². The molecule has 1 aromatic heterocycles. The van der Waals surface area contributed by atoms with Gasteiger partial charge in [0.2, 0.25) is 0 Å². The minimum absolute atomic E-state index is 0.00294. The average Bonchev–Trinajstić information content (AvgIpc) is 3.53. The molecule has 0 spiro atoms. The maximum Gasteiger partial charge on any atom is 0.0745 e. The topological polar surface area (TPSA) is 12.9 Å². The Hall–Kier alpha value is -4.49. The second-order valence-electron chi connectivity index (χ2n) is 15.2. The lowest BCUT2D eigenvalue weighted by Gasteiger charge is -2.27. The van der Waals surface area contributed by atoms with Gasteiger partial charge < -0.3 is 0 Å². The molecule has 0 aliphatic heterocycles. The van der Waals surface area contributed by atoms with Gasteiger partial charge in [-0.1, -0.05) is 120 Å². The third-order valence-electron chi connectivity index (χ3n) is 11.7. The van der Waals surface area contributed by atoms with E-state index in [-0.39, 0.29) is 16.2 Å². The highest BCUT2D eigenvalue weighted by atomic mass is 14.7. The van der Waals surface area contributed by atoms with Crippen LogP contribution in [0.3, 0.4) is 0 Å². The molecular formula is C44H39N. The summed E-state index contributed by atoms with van der Waals surface area (Å²) >= 11 is 0.